The molecule has 1 aromatic carbocycles. The van der Waals surface area contributed by atoms with E-state index in [-0.39, 0.29) is 0 Å². The van der Waals surface area contributed by atoms with E-state index in [9.17, 15) is 0 Å². The molecule has 0 saturated heterocycles. The minimum absolute atomic E-state index is 0.579. The predicted molar refractivity (Wildman–Crippen MR) is 62.9 cm³/mol. The van der Waals surface area contributed by atoms with Crippen LogP contribution < -0.4 is 5.32 Å². The Kier molecular flexibility index (Phi) is 3.14. The maximum absolute atomic E-state index is 3.59. The van der Waals surface area contributed by atoms with Crippen LogP contribution in [0.5, 0.6) is 0 Å². The third-order valence-electron chi connectivity index (χ3n) is 2.59. The van der Waals surface area contributed by atoms with Gasteiger partial charge in [0.05, 0.1) is 0 Å². The second-order valence-corrected chi connectivity index (χ2v) is 4.92. The van der Waals surface area contributed by atoms with Crippen LogP contribution in [-0.2, 0) is 0 Å². The first-order valence-corrected chi connectivity index (χ1v) is 6.26. The van der Waals surface area contributed by atoms with Crippen LogP contribution in [0.4, 0.5) is 0 Å². The molecule has 0 bridgehead atoms. The lowest BCUT2D eigenvalue weighted by Gasteiger charge is -2.12. The van der Waals surface area contributed by atoms with Crippen molar-refractivity contribution in [2.24, 2.45) is 0 Å². The SMILES string of the molecule is CCCNC1CSc2ccc(C)cc21. The molecular formula is C12H17NS. The normalized spacial score (nSPS) is 19.7. The molecule has 1 atom stereocenters. The van der Waals surface area contributed by atoms with E-state index in [4.69, 9.17) is 0 Å². The molecule has 2 rings (SSSR count). The maximum Gasteiger partial charge on any atom is 0.0426 e. The summed E-state index contributed by atoms with van der Waals surface area (Å²) in [7, 11) is 0. The lowest BCUT2D eigenvalue weighted by Crippen LogP contribution is -2.21. The van der Waals surface area contributed by atoms with E-state index in [0.29, 0.717) is 6.04 Å². The highest BCUT2D eigenvalue weighted by Crippen LogP contribution is 2.38. The van der Waals surface area contributed by atoms with Gasteiger partial charge in [0.25, 0.3) is 0 Å². The van der Waals surface area contributed by atoms with Crippen molar-refractivity contribution in [2.75, 3.05) is 12.3 Å². The first kappa shape index (κ1) is 10.1. The van der Waals surface area contributed by atoms with Crippen molar-refractivity contribution in [1.29, 1.82) is 0 Å². The van der Waals surface area contributed by atoms with Crippen LogP contribution in [0.1, 0.15) is 30.5 Å². The maximum atomic E-state index is 3.59. The summed E-state index contributed by atoms with van der Waals surface area (Å²) in [6.07, 6.45) is 1.21. The van der Waals surface area contributed by atoms with Crippen LogP contribution in [0.25, 0.3) is 0 Å². The molecule has 76 valence electrons. The Morgan fingerprint density at radius 3 is 3.14 bits per heavy atom. The Balaban J connectivity index is 2.16. The van der Waals surface area contributed by atoms with Crippen LogP contribution >= 0.6 is 11.8 Å². The van der Waals surface area contributed by atoms with Gasteiger partial charge in [-0.05, 0) is 31.5 Å². The molecule has 14 heavy (non-hydrogen) atoms. The first-order valence-electron chi connectivity index (χ1n) is 5.28. The van der Waals surface area contributed by atoms with Gasteiger partial charge in [0.1, 0.15) is 0 Å². The fourth-order valence-electron chi connectivity index (χ4n) is 1.82. The molecule has 1 aliphatic rings. The number of aryl methyl sites for hydroxylation is 1. The molecule has 1 aliphatic heterocycles. The summed E-state index contributed by atoms with van der Waals surface area (Å²) in [6, 6.07) is 7.36. The predicted octanol–water partition coefficient (Wildman–Crippen LogP) is 3.14. The van der Waals surface area contributed by atoms with Gasteiger partial charge in [-0.2, -0.15) is 0 Å². The largest absolute Gasteiger partial charge is 0.309 e. The molecule has 0 aliphatic carbocycles. The van der Waals surface area contributed by atoms with Gasteiger partial charge in [-0.1, -0.05) is 24.6 Å². The van der Waals surface area contributed by atoms with Crippen molar-refractivity contribution in [3.8, 4) is 0 Å². The third-order valence-corrected chi connectivity index (χ3v) is 3.77. The minimum atomic E-state index is 0.579. The average Bonchev–Trinajstić information content (AvgIpc) is 2.57. The van der Waals surface area contributed by atoms with E-state index in [1.54, 1.807) is 0 Å². The van der Waals surface area contributed by atoms with Gasteiger partial charge in [-0.15, -0.1) is 11.8 Å². The van der Waals surface area contributed by atoms with Gasteiger partial charge in [0.2, 0.25) is 0 Å². The summed E-state index contributed by atoms with van der Waals surface area (Å²) in [5, 5.41) is 3.59. The lowest BCUT2D eigenvalue weighted by molar-refractivity contribution is 0.579. The Labute approximate surface area is 90.3 Å². The fraction of sp³-hybridized carbons (Fsp3) is 0.500. The van der Waals surface area contributed by atoms with Gasteiger partial charge in [0, 0.05) is 16.7 Å². The average molecular weight is 207 g/mol. The number of nitrogens with one attached hydrogen (secondary N) is 1. The van der Waals surface area contributed by atoms with Crippen molar-refractivity contribution in [3.63, 3.8) is 0 Å². The molecule has 0 spiro atoms. The van der Waals surface area contributed by atoms with Crippen LogP contribution in [0, 0.1) is 6.92 Å². The quantitative estimate of drug-likeness (QED) is 0.817. The number of hydrogen-bond donors (Lipinski definition) is 1. The molecule has 0 saturated carbocycles. The van der Waals surface area contributed by atoms with Gasteiger partial charge < -0.3 is 5.32 Å². The zero-order valence-corrected chi connectivity index (χ0v) is 9.66. The van der Waals surface area contributed by atoms with Crippen LogP contribution in [-0.4, -0.2) is 12.3 Å². The highest BCUT2D eigenvalue weighted by Gasteiger charge is 2.21. The topological polar surface area (TPSA) is 12.0 Å². The standard InChI is InChI=1S/C12H17NS/c1-3-6-13-11-8-14-12-5-4-9(2)7-10(11)12/h4-5,7,11,13H,3,6,8H2,1-2H3. The molecule has 1 N–H and O–H groups in total. The summed E-state index contributed by atoms with van der Waals surface area (Å²) in [4.78, 5) is 1.46. The Hall–Kier alpha value is -0.470. The zero-order valence-electron chi connectivity index (χ0n) is 8.84. The second kappa shape index (κ2) is 4.37. The van der Waals surface area contributed by atoms with Gasteiger partial charge in [-0.3, -0.25) is 0 Å². The number of hydrogen-bond acceptors (Lipinski definition) is 2. The van der Waals surface area contributed by atoms with E-state index in [1.165, 1.54) is 28.2 Å². The number of rotatable bonds is 3. The molecule has 1 aromatic rings. The van der Waals surface area contributed by atoms with Crippen molar-refractivity contribution in [2.45, 2.75) is 31.2 Å². The molecule has 0 fully saturated rings. The van der Waals surface area contributed by atoms with Crippen LogP contribution in [0.15, 0.2) is 23.1 Å². The zero-order chi connectivity index (χ0) is 9.97. The van der Waals surface area contributed by atoms with E-state index >= 15 is 0 Å². The van der Waals surface area contributed by atoms with Crippen molar-refractivity contribution in [3.05, 3.63) is 29.3 Å². The smallest absolute Gasteiger partial charge is 0.0426 e. The molecule has 1 nitrogen and oxygen atoms in total. The molecule has 1 unspecified atom stereocenters. The number of thioether (sulfide) groups is 1. The third kappa shape index (κ3) is 1.96. The Morgan fingerprint density at radius 1 is 1.50 bits per heavy atom. The highest BCUT2D eigenvalue weighted by atomic mass is 32.2. The summed E-state index contributed by atoms with van der Waals surface area (Å²) < 4.78 is 0. The van der Waals surface area contributed by atoms with Gasteiger partial charge in [0.15, 0.2) is 0 Å². The van der Waals surface area contributed by atoms with E-state index < -0.39 is 0 Å². The Bertz CT molecular complexity index is 322. The second-order valence-electron chi connectivity index (χ2n) is 3.86. The van der Waals surface area contributed by atoms with E-state index in [0.717, 1.165) is 6.54 Å². The molecule has 0 amide bonds. The summed E-state index contributed by atoms with van der Waals surface area (Å²) in [5.74, 6) is 1.19. The molecule has 1 heterocycles. The minimum Gasteiger partial charge on any atom is -0.309 e. The van der Waals surface area contributed by atoms with Gasteiger partial charge in [-0.25, -0.2) is 0 Å². The highest BCUT2D eigenvalue weighted by molar-refractivity contribution is 7.99. The molecule has 0 radical (unpaired) electrons. The van der Waals surface area contributed by atoms with Crippen LogP contribution in [0.2, 0.25) is 0 Å². The molecular weight excluding hydrogens is 190 g/mol. The number of fused-ring (bicyclic) bond motifs is 1. The molecule has 2 heteroatoms. The monoisotopic (exact) mass is 207 g/mol. The van der Waals surface area contributed by atoms with Gasteiger partial charge >= 0.3 is 0 Å². The fourth-order valence-corrected chi connectivity index (χ4v) is 3.00. The summed E-state index contributed by atoms with van der Waals surface area (Å²) in [6.45, 7) is 5.50. The van der Waals surface area contributed by atoms with E-state index in [2.05, 4.69) is 37.4 Å². The lowest BCUT2D eigenvalue weighted by atomic mass is 10.1. The first-order chi connectivity index (χ1) is 6.81. The van der Waals surface area contributed by atoms with Crippen molar-refractivity contribution >= 4 is 11.8 Å². The van der Waals surface area contributed by atoms with Crippen LogP contribution in [0.3, 0.4) is 0 Å². The molecule has 0 aromatic heterocycles. The van der Waals surface area contributed by atoms with Crippen molar-refractivity contribution in [1.82, 2.24) is 5.32 Å². The van der Waals surface area contributed by atoms with Crippen molar-refractivity contribution < 1.29 is 0 Å². The number of benzene rings is 1. The van der Waals surface area contributed by atoms with E-state index in [1.807, 2.05) is 11.8 Å². The summed E-state index contributed by atoms with van der Waals surface area (Å²) >= 11 is 1.97. The Morgan fingerprint density at radius 2 is 2.36 bits per heavy atom. The summed E-state index contributed by atoms with van der Waals surface area (Å²) in [5.41, 5.74) is 2.87.